The lowest BCUT2D eigenvalue weighted by Crippen LogP contribution is -2.23. The van der Waals surface area contributed by atoms with Gasteiger partial charge in [0.05, 0.1) is 22.5 Å². The van der Waals surface area contributed by atoms with Gasteiger partial charge >= 0.3 is 0 Å². The van der Waals surface area contributed by atoms with Gasteiger partial charge in [0.2, 0.25) is 0 Å². The lowest BCUT2D eigenvalue weighted by molar-refractivity contribution is 0.0944. The summed E-state index contributed by atoms with van der Waals surface area (Å²) in [5, 5.41) is 17.0. The van der Waals surface area contributed by atoms with E-state index in [0.717, 1.165) is 23.8 Å². The van der Waals surface area contributed by atoms with E-state index in [9.17, 15) is 18.4 Å². The Kier molecular flexibility index (Phi) is 7.32. The molecule has 12 heteroatoms. The minimum Gasteiger partial charge on any atom is -0.347 e. The largest absolute Gasteiger partial charge is 0.347 e. The number of halogens is 3. The molecule has 2 N–H and O–H groups in total. The summed E-state index contributed by atoms with van der Waals surface area (Å²) in [5.74, 6) is -2.68. The zero-order valence-corrected chi connectivity index (χ0v) is 20.7. The van der Waals surface area contributed by atoms with Crippen LogP contribution in [-0.2, 0) is 6.54 Å². The number of benzene rings is 2. The van der Waals surface area contributed by atoms with Crippen molar-refractivity contribution in [3.63, 3.8) is 0 Å². The number of para-hydroxylation sites is 1. The molecule has 0 atom stereocenters. The fourth-order valence-corrected chi connectivity index (χ4v) is 3.95. The van der Waals surface area contributed by atoms with Gasteiger partial charge in [-0.2, -0.15) is 15.3 Å². The number of amides is 2. The monoisotopic (exact) mass is 545 g/mol. The van der Waals surface area contributed by atoms with Crippen LogP contribution in [-0.4, -0.2) is 36.8 Å². The van der Waals surface area contributed by atoms with E-state index in [1.54, 1.807) is 36.4 Å². The van der Waals surface area contributed by atoms with Crippen LogP contribution in [0.25, 0.3) is 16.9 Å². The molecule has 0 fully saturated rings. The van der Waals surface area contributed by atoms with E-state index in [1.165, 1.54) is 35.4 Å². The van der Waals surface area contributed by atoms with E-state index < -0.39 is 23.4 Å². The molecule has 0 aliphatic heterocycles. The lowest BCUT2D eigenvalue weighted by Gasteiger charge is -2.11. The summed E-state index contributed by atoms with van der Waals surface area (Å²) in [6.07, 6.45) is 4.34. The fraction of sp³-hybridized carbons (Fsp3) is 0.0370. The van der Waals surface area contributed by atoms with Crippen LogP contribution in [0.3, 0.4) is 0 Å². The van der Waals surface area contributed by atoms with Crippen LogP contribution in [0.1, 0.15) is 26.4 Å². The van der Waals surface area contributed by atoms with Gasteiger partial charge in [0.15, 0.2) is 5.69 Å². The van der Waals surface area contributed by atoms with Crippen molar-refractivity contribution in [3.8, 4) is 16.9 Å². The molecule has 39 heavy (non-hydrogen) atoms. The number of hydrogen-bond acceptors (Lipinski definition) is 6. The van der Waals surface area contributed by atoms with Gasteiger partial charge in [0.25, 0.3) is 11.8 Å². The minimum atomic E-state index is -0.841. The molecule has 5 rings (SSSR count). The quantitative estimate of drug-likeness (QED) is 0.302. The van der Waals surface area contributed by atoms with E-state index in [1.807, 2.05) is 0 Å². The summed E-state index contributed by atoms with van der Waals surface area (Å²) in [4.78, 5) is 30.0. The standard InChI is InChI=1S/C27H18ClF2N7O2/c28-20-12-22(30)19(25-21(29)7-4-9-31-25)11-18(20)26(38)35-24-13-23(36-37(24)17-5-2-1-3-6-17)27(39)32-14-16-8-10-33-34-15-16/h1-13,15H,14H2,(H,32,39)(H,35,38). The number of nitrogens with zero attached hydrogens (tertiary/aromatic N) is 5. The van der Waals surface area contributed by atoms with Crippen LogP contribution >= 0.6 is 11.6 Å². The molecule has 5 aromatic rings. The smallest absolute Gasteiger partial charge is 0.272 e. The first-order valence-corrected chi connectivity index (χ1v) is 11.9. The van der Waals surface area contributed by atoms with Gasteiger partial charge in [0, 0.05) is 30.6 Å². The number of carbonyl (C=O) groups is 2. The summed E-state index contributed by atoms with van der Waals surface area (Å²) in [7, 11) is 0. The second-order valence-electron chi connectivity index (χ2n) is 8.20. The van der Waals surface area contributed by atoms with E-state index in [-0.39, 0.29) is 39.9 Å². The third-order valence-corrected chi connectivity index (χ3v) is 5.91. The predicted molar refractivity (Wildman–Crippen MR) is 139 cm³/mol. The Labute approximate surface area is 225 Å². The topological polar surface area (TPSA) is 115 Å². The van der Waals surface area contributed by atoms with Crippen molar-refractivity contribution >= 4 is 29.2 Å². The number of rotatable bonds is 7. The summed E-state index contributed by atoms with van der Waals surface area (Å²) in [6.45, 7) is 0.187. The molecule has 194 valence electrons. The first-order valence-electron chi connectivity index (χ1n) is 11.5. The number of nitrogens with one attached hydrogen (secondary N) is 2. The van der Waals surface area contributed by atoms with Gasteiger partial charge < -0.3 is 10.6 Å². The molecule has 2 aromatic carbocycles. The van der Waals surface area contributed by atoms with E-state index in [2.05, 4.69) is 30.9 Å². The van der Waals surface area contributed by atoms with E-state index >= 15 is 0 Å². The Balaban J connectivity index is 1.46. The highest BCUT2D eigenvalue weighted by Crippen LogP contribution is 2.30. The van der Waals surface area contributed by atoms with Crippen LogP contribution < -0.4 is 10.6 Å². The van der Waals surface area contributed by atoms with Crippen LogP contribution in [0, 0.1) is 11.6 Å². The van der Waals surface area contributed by atoms with Crippen molar-refractivity contribution in [3.05, 3.63) is 119 Å². The van der Waals surface area contributed by atoms with Crippen molar-refractivity contribution in [2.45, 2.75) is 6.54 Å². The predicted octanol–water partition coefficient (Wildman–Crippen LogP) is 4.84. The summed E-state index contributed by atoms with van der Waals surface area (Å²) < 4.78 is 30.4. The van der Waals surface area contributed by atoms with Crippen LogP contribution in [0.4, 0.5) is 14.6 Å². The molecule has 3 heterocycles. The minimum absolute atomic E-state index is 0.0256. The third kappa shape index (κ3) is 5.63. The molecular formula is C27H18ClF2N7O2. The fourth-order valence-electron chi connectivity index (χ4n) is 3.71. The molecule has 3 aromatic heterocycles. The summed E-state index contributed by atoms with van der Waals surface area (Å²) in [6, 6.07) is 16.4. The second kappa shape index (κ2) is 11.2. The summed E-state index contributed by atoms with van der Waals surface area (Å²) >= 11 is 6.19. The average molecular weight is 546 g/mol. The number of anilines is 1. The zero-order chi connectivity index (χ0) is 27.4. The second-order valence-corrected chi connectivity index (χ2v) is 8.60. The first-order chi connectivity index (χ1) is 18.9. The van der Waals surface area contributed by atoms with E-state index in [0.29, 0.717) is 5.69 Å². The summed E-state index contributed by atoms with van der Waals surface area (Å²) in [5.41, 5.74) is 0.697. The normalized spacial score (nSPS) is 10.7. The number of hydrogen-bond donors (Lipinski definition) is 2. The maximum Gasteiger partial charge on any atom is 0.272 e. The maximum absolute atomic E-state index is 14.7. The Hall–Kier alpha value is -5.03. The van der Waals surface area contributed by atoms with Gasteiger partial charge in [-0.15, -0.1) is 0 Å². The molecule has 0 saturated carbocycles. The van der Waals surface area contributed by atoms with Gasteiger partial charge in [-0.05, 0) is 48.0 Å². The highest BCUT2D eigenvalue weighted by Gasteiger charge is 2.22. The van der Waals surface area contributed by atoms with Crippen LogP contribution in [0.15, 0.2) is 85.3 Å². The number of carbonyl (C=O) groups excluding carboxylic acids is 2. The van der Waals surface area contributed by atoms with E-state index in [4.69, 9.17) is 11.6 Å². The SMILES string of the molecule is O=C(NCc1ccnnc1)c1cc(NC(=O)c2cc(-c3ncccc3F)c(F)cc2Cl)n(-c2ccccc2)n1. The van der Waals surface area contributed by atoms with Crippen molar-refractivity contribution < 1.29 is 18.4 Å². The van der Waals surface area contributed by atoms with Crippen molar-refractivity contribution in [2.24, 2.45) is 0 Å². The maximum atomic E-state index is 14.7. The highest BCUT2D eigenvalue weighted by atomic mass is 35.5. The molecule has 0 unspecified atom stereocenters. The highest BCUT2D eigenvalue weighted by molar-refractivity contribution is 6.34. The Morgan fingerprint density at radius 2 is 1.72 bits per heavy atom. The molecule has 0 aliphatic rings. The Morgan fingerprint density at radius 1 is 0.897 bits per heavy atom. The zero-order valence-electron chi connectivity index (χ0n) is 20.0. The van der Waals surface area contributed by atoms with Gasteiger partial charge in [0.1, 0.15) is 23.1 Å². The molecule has 2 amide bonds. The van der Waals surface area contributed by atoms with Crippen LogP contribution in [0.2, 0.25) is 5.02 Å². The third-order valence-electron chi connectivity index (χ3n) is 5.60. The Morgan fingerprint density at radius 3 is 2.46 bits per heavy atom. The molecule has 0 saturated heterocycles. The number of aromatic nitrogens is 5. The van der Waals surface area contributed by atoms with Gasteiger partial charge in [-0.1, -0.05) is 29.8 Å². The van der Waals surface area contributed by atoms with Crippen molar-refractivity contribution in [1.82, 2.24) is 30.3 Å². The molecule has 0 spiro atoms. The number of pyridine rings is 1. The van der Waals surface area contributed by atoms with Crippen molar-refractivity contribution in [2.75, 3.05) is 5.32 Å². The molecule has 0 bridgehead atoms. The van der Waals surface area contributed by atoms with Gasteiger partial charge in [-0.25, -0.2) is 13.5 Å². The first kappa shape index (κ1) is 25.6. The molecular weight excluding hydrogens is 528 g/mol. The van der Waals surface area contributed by atoms with Crippen molar-refractivity contribution in [1.29, 1.82) is 0 Å². The van der Waals surface area contributed by atoms with Gasteiger partial charge in [-0.3, -0.25) is 14.6 Å². The molecule has 0 radical (unpaired) electrons. The average Bonchev–Trinajstić information content (AvgIpc) is 3.37. The lowest BCUT2D eigenvalue weighted by atomic mass is 10.1. The Bertz CT molecular complexity index is 1660. The van der Waals surface area contributed by atoms with Crippen LogP contribution in [0.5, 0.6) is 0 Å². The molecule has 0 aliphatic carbocycles. The molecule has 9 nitrogen and oxygen atoms in total.